The van der Waals surface area contributed by atoms with Gasteiger partial charge in [0.15, 0.2) is 0 Å². The van der Waals surface area contributed by atoms with Crippen LogP contribution in [0.1, 0.15) is 138 Å². The Morgan fingerprint density at radius 2 is 0.880 bits per heavy atom. The standard InChI is InChI=1S/C25H52/c1-7-9-11-13-15-17-19-21-25(24(6)22(3)4)23(5)20-18-16-14-12-10-8-2/h22-25H,7-21H2,1-6H3. The minimum absolute atomic E-state index is 0.835. The van der Waals surface area contributed by atoms with Gasteiger partial charge in [0.25, 0.3) is 0 Å². The zero-order valence-electron chi connectivity index (χ0n) is 18.9. The van der Waals surface area contributed by atoms with Crippen LogP contribution in [0.2, 0.25) is 0 Å². The van der Waals surface area contributed by atoms with Crippen LogP contribution in [0.5, 0.6) is 0 Å². The topological polar surface area (TPSA) is 0 Å². The first-order valence-electron chi connectivity index (χ1n) is 12.0. The van der Waals surface area contributed by atoms with Crippen LogP contribution in [0, 0.1) is 23.7 Å². The van der Waals surface area contributed by atoms with E-state index in [0.29, 0.717) is 0 Å². The van der Waals surface area contributed by atoms with Crippen molar-refractivity contribution in [3.8, 4) is 0 Å². The first kappa shape index (κ1) is 25.0. The van der Waals surface area contributed by atoms with E-state index in [4.69, 9.17) is 0 Å². The minimum atomic E-state index is 0.835. The van der Waals surface area contributed by atoms with E-state index < -0.39 is 0 Å². The molecule has 0 bridgehead atoms. The van der Waals surface area contributed by atoms with Crippen LogP contribution in [0.3, 0.4) is 0 Å². The molecule has 0 N–H and O–H groups in total. The summed E-state index contributed by atoms with van der Waals surface area (Å²) < 4.78 is 0. The predicted molar refractivity (Wildman–Crippen MR) is 117 cm³/mol. The Morgan fingerprint density at radius 1 is 0.480 bits per heavy atom. The monoisotopic (exact) mass is 352 g/mol. The number of rotatable bonds is 18. The van der Waals surface area contributed by atoms with Crippen molar-refractivity contribution in [1.82, 2.24) is 0 Å². The van der Waals surface area contributed by atoms with Gasteiger partial charge in [-0.05, 0) is 30.1 Å². The van der Waals surface area contributed by atoms with Gasteiger partial charge in [0.1, 0.15) is 0 Å². The highest BCUT2D eigenvalue weighted by Crippen LogP contribution is 2.34. The average molecular weight is 353 g/mol. The molecule has 0 aliphatic rings. The lowest BCUT2D eigenvalue weighted by Gasteiger charge is -2.32. The molecular weight excluding hydrogens is 300 g/mol. The van der Waals surface area contributed by atoms with Gasteiger partial charge in [0.2, 0.25) is 0 Å². The van der Waals surface area contributed by atoms with Crippen molar-refractivity contribution in [3.63, 3.8) is 0 Å². The van der Waals surface area contributed by atoms with Gasteiger partial charge in [-0.25, -0.2) is 0 Å². The molecule has 0 spiro atoms. The summed E-state index contributed by atoms with van der Waals surface area (Å²) in [5, 5.41) is 0. The maximum Gasteiger partial charge on any atom is -0.0360 e. The second-order valence-corrected chi connectivity index (χ2v) is 9.21. The first-order valence-corrected chi connectivity index (χ1v) is 12.0. The highest BCUT2D eigenvalue weighted by atomic mass is 14.3. The minimum Gasteiger partial charge on any atom is -0.0654 e. The second kappa shape index (κ2) is 17.4. The van der Waals surface area contributed by atoms with E-state index in [1.165, 1.54) is 96.3 Å². The first-order chi connectivity index (χ1) is 12.0. The molecule has 152 valence electrons. The Morgan fingerprint density at radius 3 is 1.32 bits per heavy atom. The molecule has 0 aromatic carbocycles. The Hall–Kier alpha value is 0. The maximum absolute atomic E-state index is 2.55. The molecule has 0 aliphatic heterocycles. The molecule has 3 atom stereocenters. The van der Waals surface area contributed by atoms with E-state index in [-0.39, 0.29) is 0 Å². The molecule has 0 nitrogen and oxygen atoms in total. The van der Waals surface area contributed by atoms with Crippen LogP contribution in [0.25, 0.3) is 0 Å². The summed E-state index contributed by atoms with van der Waals surface area (Å²) in [5.74, 6) is 3.59. The quantitative estimate of drug-likeness (QED) is 0.215. The van der Waals surface area contributed by atoms with Crippen LogP contribution < -0.4 is 0 Å². The number of unbranched alkanes of at least 4 members (excludes halogenated alkanes) is 11. The fraction of sp³-hybridized carbons (Fsp3) is 1.00. The van der Waals surface area contributed by atoms with Gasteiger partial charge >= 0.3 is 0 Å². The fourth-order valence-electron chi connectivity index (χ4n) is 4.36. The smallest absolute Gasteiger partial charge is 0.0360 e. The van der Waals surface area contributed by atoms with Crippen molar-refractivity contribution in [1.29, 1.82) is 0 Å². The van der Waals surface area contributed by atoms with Crippen LogP contribution in [-0.4, -0.2) is 0 Å². The Kier molecular flexibility index (Phi) is 17.4. The van der Waals surface area contributed by atoms with Crippen LogP contribution >= 0.6 is 0 Å². The largest absolute Gasteiger partial charge is 0.0654 e. The van der Waals surface area contributed by atoms with Crippen molar-refractivity contribution < 1.29 is 0 Å². The summed E-state index contributed by atoms with van der Waals surface area (Å²) in [6.45, 7) is 14.6. The van der Waals surface area contributed by atoms with Gasteiger partial charge in [0, 0.05) is 0 Å². The molecule has 0 saturated carbocycles. The molecule has 0 aromatic heterocycles. The summed E-state index contributed by atoms with van der Waals surface area (Å²) in [5.41, 5.74) is 0. The van der Waals surface area contributed by atoms with E-state index in [1.54, 1.807) is 0 Å². The molecular formula is C25H52. The van der Waals surface area contributed by atoms with Gasteiger partial charge in [-0.15, -0.1) is 0 Å². The molecule has 0 radical (unpaired) electrons. The maximum atomic E-state index is 2.55. The summed E-state index contributed by atoms with van der Waals surface area (Å²) in [4.78, 5) is 0. The Balaban J connectivity index is 4.06. The van der Waals surface area contributed by atoms with Gasteiger partial charge in [-0.1, -0.05) is 131 Å². The third-order valence-electron chi connectivity index (χ3n) is 6.61. The van der Waals surface area contributed by atoms with Crippen LogP contribution in [0.4, 0.5) is 0 Å². The summed E-state index contributed by atoms with van der Waals surface area (Å²) in [7, 11) is 0. The van der Waals surface area contributed by atoms with Crippen molar-refractivity contribution >= 4 is 0 Å². The molecule has 0 amide bonds. The highest BCUT2D eigenvalue weighted by molar-refractivity contribution is 4.75. The lowest BCUT2D eigenvalue weighted by atomic mass is 9.73. The highest BCUT2D eigenvalue weighted by Gasteiger charge is 2.25. The van der Waals surface area contributed by atoms with Crippen molar-refractivity contribution in [2.24, 2.45) is 23.7 Å². The fourth-order valence-corrected chi connectivity index (χ4v) is 4.36. The summed E-state index contributed by atoms with van der Waals surface area (Å²) in [6.07, 6.45) is 21.7. The van der Waals surface area contributed by atoms with E-state index in [0.717, 1.165) is 23.7 Å². The molecule has 3 unspecified atom stereocenters. The zero-order chi connectivity index (χ0) is 18.9. The van der Waals surface area contributed by atoms with Gasteiger partial charge in [0.05, 0.1) is 0 Å². The summed E-state index contributed by atoms with van der Waals surface area (Å²) in [6, 6.07) is 0. The molecule has 0 rings (SSSR count). The van der Waals surface area contributed by atoms with Crippen molar-refractivity contribution in [2.45, 2.75) is 138 Å². The van der Waals surface area contributed by atoms with Crippen LogP contribution in [-0.2, 0) is 0 Å². The molecule has 0 aromatic rings. The lowest BCUT2D eigenvalue weighted by Crippen LogP contribution is -2.24. The van der Waals surface area contributed by atoms with E-state index in [1.807, 2.05) is 0 Å². The van der Waals surface area contributed by atoms with Crippen molar-refractivity contribution in [2.75, 3.05) is 0 Å². The molecule has 25 heavy (non-hydrogen) atoms. The third kappa shape index (κ3) is 13.8. The molecule has 0 aliphatic carbocycles. The molecule has 0 heteroatoms. The van der Waals surface area contributed by atoms with E-state index in [2.05, 4.69) is 41.5 Å². The Bertz CT molecular complexity index is 255. The second-order valence-electron chi connectivity index (χ2n) is 9.21. The zero-order valence-corrected chi connectivity index (χ0v) is 18.9. The van der Waals surface area contributed by atoms with Gasteiger partial charge < -0.3 is 0 Å². The Labute approximate surface area is 161 Å². The molecule has 0 saturated heterocycles. The third-order valence-corrected chi connectivity index (χ3v) is 6.61. The normalized spacial score (nSPS) is 15.5. The van der Waals surface area contributed by atoms with E-state index in [9.17, 15) is 0 Å². The number of hydrogen-bond donors (Lipinski definition) is 0. The predicted octanol–water partition coefficient (Wildman–Crippen LogP) is 9.42. The van der Waals surface area contributed by atoms with Crippen LogP contribution in [0.15, 0.2) is 0 Å². The molecule has 0 fully saturated rings. The lowest BCUT2D eigenvalue weighted by molar-refractivity contribution is 0.176. The molecule has 0 heterocycles. The van der Waals surface area contributed by atoms with E-state index >= 15 is 0 Å². The number of hydrogen-bond acceptors (Lipinski definition) is 0. The SMILES string of the molecule is CCCCCCCCCC(C(C)CCCCCCCC)C(C)C(C)C. The van der Waals surface area contributed by atoms with Gasteiger partial charge in [-0.3, -0.25) is 0 Å². The average Bonchev–Trinajstić information content (AvgIpc) is 2.59. The summed E-state index contributed by atoms with van der Waals surface area (Å²) >= 11 is 0. The van der Waals surface area contributed by atoms with Crippen molar-refractivity contribution in [3.05, 3.63) is 0 Å². The van der Waals surface area contributed by atoms with Gasteiger partial charge in [-0.2, -0.15) is 0 Å².